The molecule has 0 bridgehead atoms. The van der Waals surface area contributed by atoms with E-state index in [-0.39, 0.29) is 18.3 Å². The minimum atomic E-state index is -0.327. The molecule has 2 N–H and O–H groups in total. The van der Waals surface area contributed by atoms with Gasteiger partial charge in [0.1, 0.15) is 12.4 Å². The molecule has 0 radical (unpaired) electrons. The maximum absolute atomic E-state index is 12.7. The fourth-order valence-electron chi connectivity index (χ4n) is 1.46. The molecule has 0 atom stereocenters. The zero-order chi connectivity index (χ0) is 14.1. The molecule has 0 saturated heterocycles. The molecule has 4 nitrogen and oxygen atoms in total. The number of hydrogen-bond donors (Lipinski definition) is 2. The summed E-state index contributed by atoms with van der Waals surface area (Å²) in [4.78, 5) is 11.5. The van der Waals surface area contributed by atoms with Crippen LogP contribution in [-0.2, 0) is 9.53 Å². The smallest absolute Gasteiger partial charge is 0.250 e. The van der Waals surface area contributed by atoms with Crippen LogP contribution in [0.4, 0.5) is 10.1 Å². The summed E-state index contributed by atoms with van der Waals surface area (Å²) in [6.07, 6.45) is 0.863. The summed E-state index contributed by atoms with van der Waals surface area (Å²) in [5, 5.41) is 5.89. The zero-order valence-corrected chi connectivity index (χ0v) is 11.4. The monoisotopic (exact) mass is 268 g/mol. The quantitative estimate of drug-likeness (QED) is 0.710. The first-order valence-electron chi connectivity index (χ1n) is 6.44. The molecular weight excluding hydrogens is 247 g/mol. The largest absolute Gasteiger partial charge is 0.372 e. The van der Waals surface area contributed by atoms with Crippen LogP contribution in [-0.4, -0.2) is 31.7 Å². The SMILES string of the molecule is CC(C)NCCCOCC(=O)Nc1ccc(F)cc1. The molecule has 0 saturated carbocycles. The van der Waals surface area contributed by atoms with Crippen molar-refractivity contribution in [3.05, 3.63) is 30.1 Å². The molecule has 0 unspecified atom stereocenters. The van der Waals surface area contributed by atoms with Crippen molar-refractivity contribution >= 4 is 11.6 Å². The number of nitrogens with one attached hydrogen (secondary N) is 2. The Balaban J connectivity index is 2.09. The van der Waals surface area contributed by atoms with Crippen molar-refractivity contribution in [1.82, 2.24) is 5.32 Å². The number of carbonyl (C=O) groups is 1. The number of halogens is 1. The number of ether oxygens (including phenoxy) is 1. The topological polar surface area (TPSA) is 50.4 Å². The first kappa shape index (κ1) is 15.6. The third kappa shape index (κ3) is 7.54. The summed E-state index contributed by atoms with van der Waals surface area (Å²) in [5.41, 5.74) is 0.566. The summed E-state index contributed by atoms with van der Waals surface area (Å²) in [7, 11) is 0. The van der Waals surface area contributed by atoms with Gasteiger partial charge in [0.25, 0.3) is 0 Å². The maximum Gasteiger partial charge on any atom is 0.250 e. The van der Waals surface area contributed by atoms with Crippen LogP contribution in [0.15, 0.2) is 24.3 Å². The van der Waals surface area contributed by atoms with E-state index in [1.807, 2.05) is 0 Å². The maximum atomic E-state index is 12.7. The van der Waals surface area contributed by atoms with E-state index in [0.717, 1.165) is 13.0 Å². The minimum Gasteiger partial charge on any atom is -0.372 e. The molecule has 0 fully saturated rings. The van der Waals surface area contributed by atoms with Gasteiger partial charge in [0, 0.05) is 18.3 Å². The standard InChI is InChI=1S/C14H21FN2O2/c1-11(2)16-8-3-9-19-10-14(18)17-13-6-4-12(15)5-7-13/h4-7,11,16H,3,8-10H2,1-2H3,(H,17,18). The van der Waals surface area contributed by atoms with Gasteiger partial charge in [-0.25, -0.2) is 4.39 Å². The molecule has 0 aromatic heterocycles. The highest BCUT2D eigenvalue weighted by atomic mass is 19.1. The van der Waals surface area contributed by atoms with Crippen molar-refractivity contribution in [1.29, 1.82) is 0 Å². The molecule has 19 heavy (non-hydrogen) atoms. The molecule has 0 spiro atoms. The molecule has 1 aromatic rings. The van der Waals surface area contributed by atoms with Gasteiger partial charge in [-0.3, -0.25) is 4.79 Å². The molecule has 1 aromatic carbocycles. The Morgan fingerprint density at radius 2 is 2.00 bits per heavy atom. The van der Waals surface area contributed by atoms with E-state index < -0.39 is 0 Å². The van der Waals surface area contributed by atoms with E-state index >= 15 is 0 Å². The Labute approximate surface area is 113 Å². The van der Waals surface area contributed by atoms with Crippen LogP contribution in [0, 0.1) is 5.82 Å². The fourth-order valence-corrected chi connectivity index (χ4v) is 1.46. The van der Waals surface area contributed by atoms with Gasteiger partial charge in [0.05, 0.1) is 0 Å². The Kier molecular flexibility index (Phi) is 7.07. The summed E-state index contributed by atoms with van der Waals surface area (Å²) in [6.45, 7) is 5.58. The molecule has 0 heterocycles. The lowest BCUT2D eigenvalue weighted by molar-refractivity contribution is -0.120. The highest BCUT2D eigenvalue weighted by Crippen LogP contribution is 2.07. The Hall–Kier alpha value is -1.46. The average Bonchev–Trinajstić information content (AvgIpc) is 2.36. The normalized spacial score (nSPS) is 10.7. The van der Waals surface area contributed by atoms with E-state index in [9.17, 15) is 9.18 Å². The fraction of sp³-hybridized carbons (Fsp3) is 0.500. The van der Waals surface area contributed by atoms with Gasteiger partial charge in [-0.05, 0) is 37.2 Å². The number of carbonyl (C=O) groups excluding carboxylic acids is 1. The van der Waals surface area contributed by atoms with Crippen LogP contribution in [0.25, 0.3) is 0 Å². The number of anilines is 1. The predicted octanol–water partition coefficient (Wildman–Crippen LogP) is 2.17. The van der Waals surface area contributed by atoms with Crippen LogP contribution >= 0.6 is 0 Å². The first-order valence-corrected chi connectivity index (χ1v) is 6.44. The van der Waals surface area contributed by atoms with Crippen LogP contribution in [0.2, 0.25) is 0 Å². The predicted molar refractivity (Wildman–Crippen MR) is 73.6 cm³/mol. The summed E-state index contributed by atoms with van der Waals surface area (Å²) < 4.78 is 17.9. The van der Waals surface area contributed by atoms with Crippen LogP contribution in [0.3, 0.4) is 0 Å². The number of rotatable bonds is 8. The van der Waals surface area contributed by atoms with Gasteiger partial charge in [-0.1, -0.05) is 13.8 Å². The molecule has 106 valence electrons. The highest BCUT2D eigenvalue weighted by Gasteiger charge is 2.02. The molecule has 1 rings (SSSR count). The lowest BCUT2D eigenvalue weighted by Gasteiger charge is -2.08. The Morgan fingerprint density at radius 3 is 2.63 bits per heavy atom. The van der Waals surface area contributed by atoms with Crippen LogP contribution in [0.5, 0.6) is 0 Å². The third-order valence-corrected chi connectivity index (χ3v) is 2.38. The second kappa shape index (κ2) is 8.61. The van der Waals surface area contributed by atoms with E-state index in [0.29, 0.717) is 18.3 Å². The van der Waals surface area contributed by atoms with E-state index in [4.69, 9.17) is 4.74 Å². The molecule has 0 aliphatic heterocycles. The highest BCUT2D eigenvalue weighted by molar-refractivity contribution is 5.91. The summed E-state index contributed by atoms with van der Waals surface area (Å²) >= 11 is 0. The molecular formula is C14H21FN2O2. The van der Waals surface area contributed by atoms with Gasteiger partial charge < -0.3 is 15.4 Å². The van der Waals surface area contributed by atoms with Crippen molar-refractivity contribution in [3.8, 4) is 0 Å². The average molecular weight is 268 g/mol. The Morgan fingerprint density at radius 1 is 1.32 bits per heavy atom. The first-order chi connectivity index (χ1) is 9.08. The van der Waals surface area contributed by atoms with Crippen molar-refractivity contribution in [2.24, 2.45) is 0 Å². The van der Waals surface area contributed by atoms with Gasteiger partial charge in [-0.2, -0.15) is 0 Å². The van der Waals surface area contributed by atoms with Crippen molar-refractivity contribution in [2.75, 3.05) is 25.1 Å². The summed E-state index contributed by atoms with van der Waals surface area (Å²) in [5.74, 6) is -0.560. The van der Waals surface area contributed by atoms with Crippen molar-refractivity contribution in [2.45, 2.75) is 26.3 Å². The number of amides is 1. The van der Waals surface area contributed by atoms with Crippen molar-refractivity contribution in [3.63, 3.8) is 0 Å². The zero-order valence-electron chi connectivity index (χ0n) is 11.4. The molecule has 0 aliphatic rings. The second-order valence-electron chi connectivity index (χ2n) is 4.57. The van der Waals surface area contributed by atoms with Gasteiger partial charge >= 0.3 is 0 Å². The van der Waals surface area contributed by atoms with Gasteiger partial charge in [0.2, 0.25) is 5.91 Å². The second-order valence-corrected chi connectivity index (χ2v) is 4.57. The third-order valence-electron chi connectivity index (χ3n) is 2.38. The number of hydrogen-bond acceptors (Lipinski definition) is 3. The van der Waals surface area contributed by atoms with Crippen LogP contribution < -0.4 is 10.6 Å². The molecule has 5 heteroatoms. The van der Waals surface area contributed by atoms with Crippen molar-refractivity contribution < 1.29 is 13.9 Å². The lowest BCUT2D eigenvalue weighted by atomic mass is 10.3. The number of benzene rings is 1. The summed E-state index contributed by atoms with van der Waals surface area (Å²) in [6, 6.07) is 6.09. The molecule has 1 amide bonds. The Bertz CT molecular complexity index is 380. The van der Waals surface area contributed by atoms with E-state index in [2.05, 4.69) is 24.5 Å². The van der Waals surface area contributed by atoms with E-state index in [1.165, 1.54) is 24.3 Å². The minimum absolute atomic E-state index is 0.0130. The lowest BCUT2D eigenvalue weighted by Crippen LogP contribution is -2.25. The van der Waals surface area contributed by atoms with E-state index in [1.54, 1.807) is 0 Å². The van der Waals surface area contributed by atoms with Gasteiger partial charge in [-0.15, -0.1) is 0 Å². The van der Waals surface area contributed by atoms with Gasteiger partial charge in [0.15, 0.2) is 0 Å². The van der Waals surface area contributed by atoms with Crippen LogP contribution in [0.1, 0.15) is 20.3 Å². The molecule has 0 aliphatic carbocycles.